The van der Waals surface area contributed by atoms with Crippen LogP contribution in [0, 0.1) is 5.92 Å². The molecule has 0 saturated carbocycles. The average Bonchev–Trinajstić information content (AvgIpc) is 2.15. The van der Waals surface area contributed by atoms with Gasteiger partial charge < -0.3 is 5.73 Å². The maximum absolute atomic E-state index is 12.3. The van der Waals surface area contributed by atoms with Gasteiger partial charge in [0, 0.05) is 6.04 Å². The Hall–Kier alpha value is -1.03. The molecule has 0 radical (unpaired) electrons. The molecule has 0 unspecified atom stereocenters. The lowest BCUT2D eigenvalue weighted by Gasteiger charge is -2.14. The molecule has 0 heterocycles. The molecule has 17 heavy (non-hydrogen) atoms. The van der Waals surface area contributed by atoms with Gasteiger partial charge in [0.2, 0.25) is 0 Å². The van der Waals surface area contributed by atoms with Crippen molar-refractivity contribution in [3.63, 3.8) is 0 Å². The Labute approximate surface area is 99.8 Å². The van der Waals surface area contributed by atoms with E-state index in [1.807, 2.05) is 6.92 Å². The molecule has 0 aliphatic rings. The lowest BCUT2D eigenvalue weighted by Crippen LogP contribution is -2.19. The van der Waals surface area contributed by atoms with Gasteiger partial charge in [0.15, 0.2) is 0 Å². The Morgan fingerprint density at radius 1 is 1.12 bits per heavy atom. The van der Waals surface area contributed by atoms with E-state index in [0.29, 0.717) is 5.92 Å². The van der Waals surface area contributed by atoms with Crippen molar-refractivity contribution in [3.8, 4) is 0 Å². The number of benzene rings is 1. The molecular formula is C13H18F3N. The van der Waals surface area contributed by atoms with Crippen LogP contribution in [0.2, 0.25) is 0 Å². The van der Waals surface area contributed by atoms with E-state index in [1.54, 1.807) is 12.1 Å². The van der Waals surface area contributed by atoms with E-state index in [-0.39, 0.29) is 6.04 Å². The van der Waals surface area contributed by atoms with Crippen LogP contribution in [0.15, 0.2) is 24.3 Å². The fourth-order valence-corrected chi connectivity index (χ4v) is 1.95. The number of hydrogen-bond acceptors (Lipinski definition) is 1. The van der Waals surface area contributed by atoms with Crippen molar-refractivity contribution in [2.45, 2.75) is 38.9 Å². The Morgan fingerprint density at radius 3 is 2.06 bits per heavy atom. The van der Waals surface area contributed by atoms with Gasteiger partial charge in [0.05, 0.1) is 5.56 Å². The zero-order valence-electron chi connectivity index (χ0n) is 10.1. The fraction of sp³-hybridized carbons (Fsp3) is 0.538. The Morgan fingerprint density at radius 2 is 1.65 bits per heavy atom. The molecule has 0 aliphatic heterocycles. The summed E-state index contributed by atoms with van der Waals surface area (Å²) in [5, 5.41) is 0. The smallest absolute Gasteiger partial charge is 0.328 e. The first-order chi connectivity index (χ1) is 7.79. The number of alkyl halides is 3. The number of hydrogen-bond donors (Lipinski definition) is 1. The van der Waals surface area contributed by atoms with E-state index in [0.717, 1.165) is 30.5 Å². The quantitative estimate of drug-likeness (QED) is 0.861. The molecule has 1 nitrogen and oxygen atoms in total. The third-order valence-electron chi connectivity index (χ3n) is 2.64. The number of nitrogens with two attached hydrogens (primary N) is 1. The van der Waals surface area contributed by atoms with Crippen molar-refractivity contribution in [2.24, 2.45) is 11.7 Å². The maximum Gasteiger partial charge on any atom is 0.416 e. The second-order valence-corrected chi connectivity index (χ2v) is 4.72. The SMILES string of the molecule is C[C@@H](Cc1ccc(C(F)(F)F)cc1)C[C@H](C)N. The molecule has 0 aromatic heterocycles. The summed E-state index contributed by atoms with van der Waals surface area (Å²) in [5.41, 5.74) is 6.01. The molecule has 0 saturated heterocycles. The van der Waals surface area contributed by atoms with E-state index in [2.05, 4.69) is 6.92 Å². The van der Waals surface area contributed by atoms with Crippen LogP contribution in [-0.4, -0.2) is 6.04 Å². The van der Waals surface area contributed by atoms with Crippen molar-refractivity contribution in [1.82, 2.24) is 0 Å². The van der Waals surface area contributed by atoms with E-state index in [1.165, 1.54) is 0 Å². The van der Waals surface area contributed by atoms with Crippen molar-refractivity contribution >= 4 is 0 Å². The third kappa shape index (κ3) is 4.77. The molecule has 1 aromatic carbocycles. The molecule has 1 aromatic rings. The minimum atomic E-state index is -4.25. The van der Waals surface area contributed by atoms with Gasteiger partial charge in [-0.1, -0.05) is 19.1 Å². The van der Waals surface area contributed by atoms with Gasteiger partial charge in [-0.15, -0.1) is 0 Å². The summed E-state index contributed by atoms with van der Waals surface area (Å²) in [5.74, 6) is 0.381. The van der Waals surface area contributed by atoms with Crippen LogP contribution < -0.4 is 5.73 Å². The second kappa shape index (κ2) is 5.54. The zero-order chi connectivity index (χ0) is 13.1. The lowest BCUT2D eigenvalue weighted by atomic mass is 9.95. The summed E-state index contributed by atoms with van der Waals surface area (Å²) >= 11 is 0. The summed E-state index contributed by atoms with van der Waals surface area (Å²) in [6, 6.07) is 5.47. The van der Waals surface area contributed by atoms with E-state index >= 15 is 0 Å². The van der Waals surface area contributed by atoms with Crippen LogP contribution in [0.5, 0.6) is 0 Å². The van der Waals surface area contributed by atoms with Gasteiger partial charge in [0.1, 0.15) is 0 Å². The predicted molar refractivity (Wildman–Crippen MR) is 62.6 cm³/mol. The molecule has 96 valence electrons. The highest BCUT2D eigenvalue weighted by molar-refractivity contribution is 5.24. The Kier molecular flexibility index (Phi) is 4.57. The molecule has 2 N–H and O–H groups in total. The highest BCUT2D eigenvalue weighted by Gasteiger charge is 2.29. The average molecular weight is 245 g/mol. The summed E-state index contributed by atoms with van der Waals surface area (Å²) < 4.78 is 37.0. The maximum atomic E-state index is 12.3. The third-order valence-corrected chi connectivity index (χ3v) is 2.64. The molecule has 0 aliphatic carbocycles. The highest BCUT2D eigenvalue weighted by atomic mass is 19.4. The van der Waals surface area contributed by atoms with Gasteiger partial charge in [0.25, 0.3) is 0 Å². The van der Waals surface area contributed by atoms with Gasteiger partial charge in [-0.25, -0.2) is 0 Å². The standard InChI is InChI=1S/C13H18F3N/c1-9(7-10(2)17)8-11-3-5-12(6-4-11)13(14,15)16/h3-6,9-10H,7-8,17H2,1-2H3/t9-,10+/m1/s1. The normalized spacial score (nSPS) is 15.6. The first-order valence-electron chi connectivity index (χ1n) is 5.70. The molecule has 4 heteroatoms. The molecule has 0 fully saturated rings. The number of rotatable bonds is 4. The molecule has 0 bridgehead atoms. The van der Waals surface area contributed by atoms with Crippen molar-refractivity contribution < 1.29 is 13.2 Å². The van der Waals surface area contributed by atoms with Crippen molar-refractivity contribution in [2.75, 3.05) is 0 Å². The van der Waals surface area contributed by atoms with Crippen LogP contribution in [0.4, 0.5) is 13.2 Å². The number of halogens is 3. The molecule has 0 amide bonds. The first kappa shape index (κ1) is 14.0. The summed E-state index contributed by atoms with van der Waals surface area (Å²) in [4.78, 5) is 0. The molecule has 2 atom stereocenters. The van der Waals surface area contributed by atoms with Crippen LogP contribution in [-0.2, 0) is 12.6 Å². The van der Waals surface area contributed by atoms with Crippen molar-refractivity contribution in [1.29, 1.82) is 0 Å². The van der Waals surface area contributed by atoms with Crippen LogP contribution in [0.25, 0.3) is 0 Å². The van der Waals surface area contributed by atoms with Gasteiger partial charge >= 0.3 is 6.18 Å². The van der Waals surface area contributed by atoms with Crippen LogP contribution in [0.3, 0.4) is 0 Å². The fourth-order valence-electron chi connectivity index (χ4n) is 1.95. The highest BCUT2D eigenvalue weighted by Crippen LogP contribution is 2.29. The summed E-state index contributed by atoms with van der Waals surface area (Å²) in [6.07, 6.45) is -2.61. The predicted octanol–water partition coefficient (Wildman–Crippen LogP) is 3.62. The topological polar surface area (TPSA) is 26.0 Å². The molecular weight excluding hydrogens is 227 g/mol. The van der Waals surface area contributed by atoms with Crippen LogP contribution in [0.1, 0.15) is 31.4 Å². The second-order valence-electron chi connectivity index (χ2n) is 4.72. The van der Waals surface area contributed by atoms with Gasteiger partial charge in [-0.3, -0.25) is 0 Å². The zero-order valence-corrected chi connectivity index (χ0v) is 10.1. The summed E-state index contributed by atoms with van der Waals surface area (Å²) in [7, 11) is 0. The van der Waals surface area contributed by atoms with Crippen molar-refractivity contribution in [3.05, 3.63) is 35.4 Å². The summed E-state index contributed by atoms with van der Waals surface area (Å²) in [6.45, 7) is 3.99. The Bertz CT molecular complexity index is 341. The van der Waals surface area contributed by atoms with E-state index in [9.17, 15) is 13.2 Å². The molecule has 0 spiro atoms. The van der Waals surface area contributed by atoms with Gasteiger partial charge in [-0.2, -0.15) is 13.2 Å². The van der Waals surface area contributed by atoms with E-state index < -0.39 is 11.7 Å². The molecule has 1 rings (SSSR count). The van der Waals surface area contributed by atoms with Crippen LogP contribution >= 0.6 is 0 Å². The minimum absolute atomic E-state index is 0.124. The monoisotopic (exact) mass is 245 g/mol. The van der Waals surface area contributed by atoms with Gasteiger partial charge in [-0.05, 0) is 43.4 Å². The largest absolute Gasteiger partial charge is 0.416 e. The lowest BCUT2D eigenvalue weighted by molar-refractivity contribution is -0.137. The van der Waals surface area contributed by atoms with E-state index in [4.69, 9.17) is 5.73 Å². The minimum Gasteiger partial charge on any atom is -0.328 e. The Balaban J connectivity index is 2.63. The first-order valence-corrected chi connectivity index (χ1v) is 5.70.